The Balaban J connectivity index is 2.06. The monoisotopic (exact) mass is 388 g/mol. The van der Waals surface area contributed by atoms with Crippen LogP contribution in [0, 0.1) is 20.8 Å². The van der Waals surface area contributed by atoms with E-state index < -0.39 is 17.8 Å². The van der Waals surface area contributed by atoms with Crippen molar-refractivity contribution in [3.8, 4) is 0 Å². The lowest BCUT2D eigenvalue weighted by molar-refractivity contribution is -0.123. The standard InChI is InChI=1S/C20H21ClN2O4/c1-11-7-12(2)19(13(3)8-11)23-18(25)10-17(24)22-16-9-14(20(26)27-4)5-6-15(16)21/h5-9H,10H2,1-4H3,(H,22,24)(H,23,25). The first-order valence-electron chi connectivity index (χ1n) is 8.26. The molecule has 2 rings (SSSR count). The van der Waals surface area contributed by atoms with E-state index in [0.717, 1.165) is 16.7 Å². The molecule has 0 saturated carbocycles. The van der Waals surface area contributed by atoms with Crippen molar-refractivity contribution in [2.45, 2.75) is 27.2 Å². The smallest absolute Gasteiger partial charge is 0.337 e. The number of amides is 2. The van der Waals surface area contributed by atoms with Crippen molar-refractivity contribution in [3.05, 3.63) is 57.6 Å². The van der Waals surface area contributed by atoms with E-state index in [1.807, 2.05) is 32.9 Å². The Morgan fingerprint density at radius 2 is 1.56 bits per heavy atom. The summed E-state index contributed by atoms with van der Waals surface area (Å²) in [5.74, 6) is -1.54. The SMILES string of the molecule is COC(=O)c1ccc(Cl)c(NC(=O)CC(=O)Nc2c(C)cc(C)cc2C)c1. The topological polar surface area (TPSA) is 84.5 Å². The van der Waals surface area contributed by atoms with Crippen LogP contribution in [0.15, 0.2) is 30.3 Å². The van der Waals surface area contributed by atoms with Gasteiger partial charge in [0.15, 0.2) is 0 Å². The summed E-state index contributed by atoms with van der Waals surface area (Å²) >= 11 is 6.04. The summed E-state index contributed by atoms with van der Waals surface area (Å²) in [4.78, 5) is 36.0. The number of carbonyl (C=O) groups is 3. The van der Waals surface area contributed by atoms with Crippen LogP contribution in [0.2, 0.25) is 5.02 Å². The fraction of sp³-hybridized carbons (Fsp3) is 0.250. The highest BCUT2D eigenvalue weighted by Gasteiger charge is 2.15. The number of esters is 1. The molecule has 2 amide bonds. The van der Waals surface area contributed by atoms with Gasteiger partial charge >= 0.3 is 5.97 Å². The van der Waals surface area contributed by atoms with E-state index in [1.165, 1.54) is 25.3 Å². The van der Waals surface area contributed by atoms with Crippen molar-refractivity contribution in [3.63, 3.8) is 0 Å². The highest BCUT2D eigenvalue weighted by Crippen LogP contribution is 2.24. The normalized spacial score (nSPS) is 10.3. The number of hydrogen-bond donors (Lipinski definition) is 2. The van der Waals surface area contributed by atoms with E-state index in [0.29, 0.717) is 5.69 Å². The van der Waals surface area contributed by atoms with Crippen molar-refractivity contribution in [2.24, 2.45) is 0 Å². The molecule has 2 N–H and O–H groups in total. The van der Waals surface area contributed by atoms with E-state index in [-0.39, 0.29) is 22.7 Å². The van der Waals surface area contributed by atoms with Crippen molar-refractivity contribution in [1.29, 1.82) is 0 Å². The second-order valence-electron chi connectivity index (χ2n) is 6.23. The number of ether oxygens (including phenoxy) is 1. The minimum absolute atomic E-state index is 0.236. The Labute approximate surface area is 162 Å². The van der Waals surface area contributed by atoms with Gasteiger partial charge in [-0.15, -0.1) is 0 Å². The maximum absolute atomic E-state index is 12.2. The molecule has 0 heterocycles. The molecular formula is C20H21ClN2O4. The van der Waals surface area contributed by atoms with Crippen LogP contribution in [0.5, 0.6) is 0 Å². The summed E-state index contributed by atoms with van der Waals surface area (Å²) in [6.07, 6.45) is -0.383. The first-order valence-corrected chi connectivity index (χ1v) is 8.64. The predicted molar refractivity (Wildman–Crippen MR) is 105 cm³/mol. The molecule has 0 aliphatic heterocycles. The van der Waals surface area contributed by atoms with Crippen LogP contribution >= 0.6 is 11.6 Å². The molecule has 2 aromatic rings. The van der Waals surface area contributed by atoms with Crippen LogP contribution in [0.3, 0.4) is 0 Å². The molecule has 2 aromatic carbocycles. The summed E-state index contributed by atoms with van der Waals surface area (Å²) < 4.78 is 4.64. The van der Waals surface area contributed by atoms with Crippen molar-refractivity contribution in [2.75, 3.05) is 17.7 Å². The Kier molecular flexibility index (Phi) is 6.58. The van der Waals surface area contributed by atoms with Gasteiger partial charge in [0.25, 0.3) is 0 Å². The lowest BCUT2D eigenvalue weighted by Gasteiger charge is -2.13. The first kappa shape index (κ1) is 20.5. The molecular weight excluding hydrogens is 368 g/mol. The number of halogens is 1. The van der Waals surface area contributed by atoms with Gasteiger partial charge in [-0.05, 0) is 50.1 Å². The average Bonchev–Trinajstić information content (AvgIpc) is 2.59. The lowest BCUT2D eigenvalue weighted by atomic mass is 10.0. The summed E-state index contributed by atoms with van der Waals surface area (Å²) in [5, 5.41) is 5.57. The maximum atomic E-state index is 12.2. The molecule has 0 fully saturated rings. The van der Waals surface area contributed by atoms with Gasteiger partial charge in [0.05, 0.1) is 23.4 Å². The number of hydrogen-bond acceptors (Lipinski definition) is 4. The lowest BCUT2D eigenvalue weighted by Crippen LogP contribution is -2.22. The Morgan fingerprint density at radius 1 is 0.963 bits per heavy atom. The molecule has 142 valence electrons. The Hall–Kier alpha value is -2.86. The predicted octanol–water partition coefficient (Wildman–Crippen LogP) is 4.02. The fourth-order valence-corrected chi connectivity index (χ4v) is 2.93. The van der Waals surface area contributed by atoms with E-state index in [2.05, 4.69) is 15.4 Å². The zero-order valence-electron chi connectivity index (χ0n) is 15.6. The number of benzene rings is 2. The zero-order chi connectivity index (χ0) is 20.1. The van der Waals surface area contributed by atoms with Gasteiger partial charge in [-0.1, -0.05) is 29.3 Å². The summed E-state index contributed by atoms with van der Waals surface area (Å²) in [6, 6.07) is 8.28. The van der Waals surface area contributed by atoms with Gasteiger partial charge in [0.1, 0.15) is 6.42 Å². The number of anilines is 2. The molecule has 7 heteroatoms. The van der Waals surface area contributed by atoms with Gasteiger partial charge in [0.2, 0.25) is 11.8 Å². The second kappa shape index (κ2) is 8.68. The van der Waals surface area contributed by atoms with Crippen LogP contribution in [0.1, 0.15) is 33.5 Å². The molecule has 0 aromatic heterocycles. The summed E-state index contributed by atoms with van der Waals surface area (Å²) in [5.41, 5.74) is 4.13. The average molecular weight is 389 g/mol. The number of nitrogens with one attached hydrogen (secondary N) is 2. The highest BCUT2D eigenvalue weighted by atomic mass is 35.5. The third-order valence-corrected chi connectivity index (χ3v) is 4.25. The zero-order valence-corrected chi connectivity index (χ0v) is 16.4. The first-order chi connectivity index (χ1) is 12.7. The Morgan fingerprint density at radius 3 is 2.15 bits per heavy atom. The number of aryl methyl sites for hydroxylation is 3. The molecule has 0 bridgehead atoms. The molecule has 27 heavy (non-hydrogen) atoms. The fourth-order valence-electron chi connectivity index (χ4n) is 2.77. The molecule has 0 spiro atoms. The molecule has 6 nitrogen and oxygen atoms in total. The number of methoxy groups -OCH3 is 1. The van der Waals surface area contributed by atoms with Gasteiger partial charge in [0, 0.05) is 5.69 Å². The largest absolute Gasteiger partial charge is 0.465 e. The van der Waals surface area contributed by atoms with Crippen LogP contribution < -0.4 is 10.6 Å². The summed E-state index contributed by atoms with van der Waals surface area (Å²) in [6.45, 7) is 5.77. The summed E-state index contributed by atoms with van der Waals surface area (Å²) in [7, 11) is 1.26. The van der Waals surface area contributed by atoms with Crippen LogP contribution in [-0.2, 0) is 14.3 Å². The molecule has 0 aliphatic carbocycles. The van der Waals surface area contributed by atoms with Crippen molar-refractivity contribution in [1.82, 2.24) is 0 Å². The van der Waals surface area contributed by atoms with Crippen LogP contribution in [-0.4, -0.2) is 24.9 Å². The molecule has 0 aliphatic rings. The highest BCUT2D eigenvalue weighted by molar-refractivity contribution is 6.34. The van der Waals surface area contributed by atoms with Gasteiger partial charge < -0.3 is 15.4 Å². The van der Waals surface area contributed by atoms with Crippen molar-refractivity contribution >= 4 is 40.8 Å². The number of rotatable bonds is 5. The minimum atomic E-state index is -0.551. The van der Waals surface area contributed by atoms with E-state index in [4.69, 9.17) is 11.6 Å². The number of carbonyl (C=O) groups excluding carboxylic acids is 3. The van der Waals surface area contributed by atoms with E-state index in [1.54, 1.807) is 0 Å². The minimum Gasteiger partial charge on any atom is -0.465 e. The molecule has 0 radical (unpaired) electrons. The van der Waals surface area contributed by atoms with Gasteiger partial charge in [-0.2, -0.15) is 0 Å². The molecule has 0 unspecified atom stereocenters. The molecule has 0 saturated heterocycles. The van der Waals surface area contributed by atoms with E-state index in [9.17, 15) is 14.4 Å². The molecule has 0 atom stereocenters. The Bertz CT molecular complexity index is 886. The van der Waals surface area contributed by atoms with Crippen molar-refractivity contribution < 1.29 is 19.1 Å². The van der Waals surface area contributed by atoms with Gasteiger partial charge in [-0.25, -0.2) is 4.79 Å². The van der Waals surface area contributed by atoms with E-state index >= 15 is 0 Å². The second-order valence-corrected chi connectivity index (χ2v) is 6.64. The van der Waals surface area contributed by atoms with Crippen LogP contribution in [0.25, 0.3) is 0 Å². The third-order valence-electron chi connectivity index (χ3n) is 3.92. The maximum Gasteiger partial charge on any atom is 0.337 e. The third kappa shape index (κ3) is 5.31. The van der Waals surface area contributed by atoms with Gasteiger partial charge in [-0.3, -0.25) is 9.59 Å². The van der Waals surface area contributed by atoms with Crippen LogP contribution in [0.4, 0.5) is 11.4 Å². The quantitative estimate of drug-likeness (QED) is 0.598.